The molecule has 0 radical (unpaired) electrons. The molecule has 2 rings (SSSR count). The molecule has 4 unspecified atom stereocenters. The van der Waals surface area contributed by atoms with Crippen molar-refractivity contribution in [3.63, 3.8) is 0 Å². The predicted octanol–water partition coefficient (Wildman–Crippen LogP) is 2.58. The van der Waals surface area contributed by atoms with Crippen molar-refractivity contribution in [1.82, 2.24) is 0 Å². The van der Waals surface area contributed by atoms with Crippen molar-refractivity contribution in [3.05, 3.63) is 0 Å². The lowest BCUT2D eigenvalue weighted by atomic mass is 9.74. The number of fused-ring (bicyclic) bond motifs is 2. The molecule has 0 saturated heterocycles. The maximum Gasteiger partial charge on any atom is 0.306 e. The van der Waals surface area contributed by atoms with Crippen LogP contribution in [0.4, 0.5) is 0 Å². The predicted molar refractivity (Wildman–Crippen MR) is 64.4 cm³/mol. The number of hydrogen-bond donors (Lipinski definition) is 0. The van der Waals surface area contributed by atoms with E-state index in [0.717, 1.165) is 12.8 Å². The van der Waals surface area contributed by atoms with Crippen molar-refractivity contribution in [3.8, 4) is 0 Å². The minimum Gasteiger partial charge on any atom is -0.466 e. The maximum atomic E-state index is 11.8. The zero-order valence-electron chi connectivity index (χ0n) is 11.0. The summed E-state index contributed by atoms with van der Waals surface area (Å²) in [6, 6.07) is 0. The molecule has 17 heavy (non-hydrogen) atoms. The van der Waals surface area contributed by atoms with Gasteiger partial charge >= 0.3 is 5.97 Å². The van der Waals surface area contributed by atoms with E-state index in [9.17, 15) is 9.59 Å². The van der Waals surface area contributed by atoms with Crippen LogP contribution in [0.2, 0.25) is 0 Å². The SMILES string of the molecule is CCOC(=O)CC1(C)CC2CC1CC(=O)C2C. The number of carbonyl (C=O) groups excluding carboxylic acids is 2. The molecule has 2 bridgehead atoms. The molecule has 3 nitrogen and oxygen atoms in total. The van der Waals surface area contributed by atoms with Crippen molar-refractivity contribution >= 4 is 11.8 Å². The second-order valence-corrected chi connectivity index (χ2v) is 5.99. The highest BCUT2D eigenvalue weighted by Crippen LogP contribution is 2.55. The van der Waals surface area contributed by atoms with Crippen LogP contribution in [0, 0.1) is 23.2 Å². The monoisotopic (exact) mass is 238 g/mol. The summed E-state index contributed by atoms with van der Waals surface area (Å²) in [6.07, 6.45) is 3.25. The van der Waals surface area contributed by atoms with E-state index in [4.69, 9.17) is 4.74 Å². The molecule has 2 saturated carbocycles. The number of hydrogen-bond acceptors (Lipinski definition) is 3. The number of rotatable bonds is 3. The minimum atomic E-state index is -0.109. The van der Waals surface area contributed by atoms with E-state index < -0.39 is 0 Å². The van der Waals surface area contributed by atoms with Gasteiger partial charge in [-0.05, 0) is 37.0 Å². The molecule has 2 aliphatic rings. The molecule has 2 aliphatic carbocycles. The summed E-state index contributed by atoms with van der Waals surface area (Å²) in [5.74, 6) is 1.35. The molecule has 0 N–H and O–H groups in total. The fraction of sp³-hybridized carbons (Fsp3) is 0.857. The molecule has 0 aliphatic heterocycles. The fourth-order valence-corrected chi connectivity index (χ4v) is 3.66. The molecule has 0 spiro atoms. The van der Waals surface area contributed by atoms with Crippen molar-refractivity contribution in [1.29, 1.82) is 0 Å². The molecular formula is C14H22O3. The molecule has 0 heterocycles. The number of carbonyl (C=O) groups is 2. The van der Waals surface area contributed by atoms with Gasteiger partial charge in [-0.2, -0.15) is 0 Å². The second kappa shape index (κ2) is 4.43. The van der Waals surface area contributed by atoms with Crippen LogP contribution in [0.3, 0.4) is 0 Å². The van der Waals surface area contributed by atoms with Crippen LogP contribution in [0.5, 0.6) is 0 Å². The van der Waals surface area contributed by atoms with Crippen LogP contribution in [0.1, 0.15) is 46.5 Å². The zero-order chi connectivity index (χ0) is 12.6. The average Bonchev–Trinajstić information content (AvgIpc) is 2.50. The summed E-state index contributed by atoms with van der Waals surface area (Å²) in [4.78, 5) is 23.5. The first-order valence-electron chi connectivity index (χ1n) is 6.64. The van der Waals surface area contributed by atoms with Gasteiger partial charge < -0.3 is 4.74 Å². The highest BCUT2D eigenvalue weighted by atomic mass is 16.5. The highest BCUT2D eigenvalue weighted by molar-refractivity contribution is 5.82. The molecule has 0 aromatic rings. The average molecular weight is 238 g/mol. The van der Waals surface area contributed by atoms with E-state index in [1.165, 1.54) is 0 Å². The van der Waals surface area contributed by atoms with Crippen LogP contribution >= 0.6 is 0 Å². The smallest absolute Gasteiger partial charge is 0.306 e. The summed E-state index contributed by atoms with van der Waals surface area (Å²) in [5, 5.41) is 0. The Labute approximate surface area is 103 Å². The maximum absolute atomic E-state index is 11.8. The van der Waals surface area contributed by atoms with Gasteiger partial charge in [-0.1, -0.05) is 13.8 Å². The van der Waals surface area contributed by atoms with Gasteiger partial charge in [0.15, 0.2) is 0 Å². The largest absolute Gasteiger partial charge is 0.466 e. The molecule has 3 heteroatoms. The quantitative estimate of drug-likeness (QED) is 0.710. The summed E-state index contributed by atoms with van der Waals surface area (Å²) < 4.78 is 5.05. The summed E-state index contributed by atoms with van der Waals surface area (Å²) >= 11 is 0. The number of ketones is 1. The number of esters is 1. The van der Waals surface area contributed by atoms with E-state index in [0.29, 0.717) is 37.1 Å². The van der Waals surface area contributed by atoms with Gasteiger partial charge in [0, 0.05) is 12.3 Å². The van der Waals surface area contributed by atoms with Gasteiger partial charge in [0.25, 0.3) is 0 Å². The highest BCUT2D eigenvalue weighted by Gasteiger charge is 2.51. The van der Waals surface area contributed by atoms with Crippen molar-refractivity contribution in [2.45, 2.75) is 46.5 Å². The first kappa shape index (κ1) is 12.6. The van der Waals surface area contributed by atoms with Gasteiger partial charge in [0.05, 0.1) is 13.0 Å². The van der Waals surface area contributed by atoms with Crippen LogP contribution in [0.25, 0.3) is 0 Å². The van der Waals surface area contributed by atoms with Crippen molar-refractivity contribution in [2.24, 2.45) is 23.2 Å². The summed E-state index contributed by atoms with van der Waals surface area (Å²) in [7, 11) is 0. The van der Waals surface area contributed by atoms with Gasteiger partial charge in [-0.15, -0.1) is 0 Å². The van der Waals surface area contributed by atoms with Gasteiger partial charge in [0.2, 0.25) is 0 Å². The Morgan fingerprint density at radius 1 is 1.53 bits per heavy atom. The van der Waals surface area contributed by atoms with Gasteiger partial charge in [-0.25, -0.2) is 0 Å². The molecule has 0 aromatic heterocycles. The Bertz CT molecular complexity index is 336. The fourth-order valence-electron chi connectivity index (χ4n) is 3.66. The first-order chi connectivity index (χ1) is 7.96. The first-order valence-corrected chi connectivity index (χ1v) is 6.64. The number of Topliss-reactive ketones (excluding diaryl/α,β-unsaturated/α-hetero) is 1. The van der Waals surface area contributed by atoms with E-state index in [-0.39, 0.29) is 17.3 Å². The van der Waals surface area contributed by atoms with E-state index in [1.807, 2.05) is 13.8 Å². The molecular weight excluding hydrogens is 216 g/mol. The molecule has 0 amide bonds. The Hall–Kier alpha value is -0.860. The third-order valence-electron chi connectivity index (χ3n) is 4.82. The zero-order valence-corrected chi connectivity index (χ0v) is 11.0. The molecule has 2 fully saturated rings. The Kier molecular flexibility index (Phi) is 3.28. The number of ether oxygens (including phenoxy) is 1. The minimum absolute atomic E-state index is 0.0165. The van der Waals surface area contributed by atoms with Crippen LogP contribution in [0.15, 0.2) is 0 Å². The van der Waals surface area contributed by atoms with Crippen LogP contribution < -0.4 is 0 Å². The summed E-state index contributed by atoms with van der Waals surface area (Å²) in [5.41, 5.74) is -0.0165. The van der Waals surface area contributed by atoms with E-state index in [1.54, 1.807) is 0 Å². The molecule has 4 atom stereocenters. The van der Waals surface area contributed by atoms with Crippen molar-refractivity contribution < 1.29 is 14.3 Å². The Morgan fingerprint density at radius 3 is 2.88 bits per heavy atom. The Morgan fingerprint density at radius 2 is 2.24 bits per heavy atom. The third-order valence-corrected chi connectivity index (χ3v) is 4.82. The standard InChI is InChI=1S/C14H22O3/c1-4-17-13(16)8-14(3)7-10-5-11(14)6-12(15)9(10)2/h9-11H,4-8H2,1-3H3. The topological polar surface area (TPSA) is 43.4 Å². The van der Waals surface area contributed by atoms with Crippen LogP contribution in [-0.2, 0) is 14.3 Å². The lowest BCUT2D eigenvalue weighted by Gasteiger charge is -2.30. The lowest BCUT2D eigenvalue weighted by Crippen LogP contribution is -2.29. The van der Waals surface area contributed by atoms with E-state index in [2.05, 4.69) is 6.92 Å². The lowest BCUT2D eigenvalue weighted by molar-refractivity contribution is -0.146. The molecule has 96 valence electrons. The van der Waals surface area contributed by atoms with Gasteiger partial charge in [0.1, 0.15) is 5.78 Å². The second-order valence-electron chi connectivity index (χ2n) is 5.99. The third kappa shape index (κ3) is 2.24. The summed E-state index contributed by atoms with van der Waals surface area (Å²) in [6.45, 7) is 6.47. The molecule has 0 aromatic carbocycles. The van der Waals surface area contributed by atoms with E-state index >= 15 is 0 Å². The van der Waals surface area contributed by atoms with Crippen molar-refractivity contribution in [2.75, 3.05) is 6.61 Å². The van der Waals surface area contributed by atoms with Crippen LogP contribution in [-0.4, -0.2) is 18.4 Å². The van der Waals surface area contributed by atoms with Gasteiger partial charge in [-0.3, -0.25) is 9.59 Å². The Balaban J connectivity index is 2.07. The normalized spacial score (nSPS) is 40.4.